The van der Waals surface area contributed by atoms with Gasteiger partial charge in [-0.3, -0.25) is 9.59 Å². The second-order valence-corrected chi connectivity index (χ2v) is 4.54. The molecule has 0 radical (unpaired) electrons. The Balaban J connectivity index is 2.25. The molecule has 1 unspecified atom stereocenters. The zero-order valence-corrected chi connectivity index (χ0v) is 11.3. The van der Waals surface area contributed by atoms with Gasteiger partial charge in [-0.1, -0.05) is 13.3 Å². The lowest BCUT2D eigenvalue weighted by Crippen LogP contribution is -2.25. The molecule has 0 bridgehead atoms. The number of rotatable bonds is 5. The normalized spacial score (nSPS) is 13.9. The third-order valence-electron chi connectivity index (χ3n) is 3.01. The van der Waals surface area contributed by atoms with E-state index < -0.39 is 17.9 Å². The van der Waals surface area contributed by atoms with Crippen LogP contribution in [0, 0.1) is 5.92 Å². The van der Waals surface area contributed by atoms with Crippen LogP contribution in [-0.2, 0) is 16.0 Å². The van der Waals surface area contributed by atoms with E-state index >= 15 is 0 Å². The number of esters is 1. The van der Waals surface area contributed by atoms with Gasteiger partial charge in [0.05, 0.1) is 0 Å². The number of ether oxygens (including phenoxy) is 3. The monoisotopic (exact) mass is 280 g/mol. The van der Waals surface area contributed by atoms with Crippen LogP contribution in [0.4, 0.5) is 0 Å². The Hall–Kier alpha value is -2.24. The van der Waals surface area contributed by atoms with Crippen LogP contribution in [0.3, 0.4) is 0 Å². The maximum absolute atomic E-state index is 11.7. The largest absolute Gasteiger partial charge is 0.481 e. The quantitative estimate of drug-likeness (QED) is 0.504. The van der Waals surface area contributed by atoms with Crippen molar-refractivity contribution in [2.24, 2.45) is 5.92 Å². The molecule has 0 aromatic heterocycles. The summed E-state index contributed by atoms with van der Waals surface area (Å²) in [5.41, 5.74) is 0.794. The summed E-state index contributed by atoms with van der Waals surface area (Å²) in [6.45, 7) is 3.41. The fraction of sp³-hybridized carbons (Fsp3) is 0.429. The van der Waals surface area contributed by atoms with Crippen LogP contribution in [0.1, 0.15) is 25.8 Å². The standard InChI is InChI=1S/C14H16O6/c1-3-4-9-5-11-12(19-7-18-11)6-10(9)20-14(17)8(2)13(15)16/h5-6,8H,3-4,7H2,1-2H3,(H,15,16). The zero-order valence-electron chi connectivity index (χ0n) is 11.3. The summed E-state index contributed by atoms with van der Waals surface area (Å²) in [7, 11) is 0. The van der Waals surface area contributed by atoms with Gasteiger partial charge in [-0.15, -0.1) is 0 Å². The van der Waals surface area contributed by atoms with E-state index in [0.717, 1.165) is 12.0 Å². The van der Waals surface area contributed by atoms with Gasteiger partial charge in [0.1, 0.15) is 5.75 Å². The third-order valence-corrected chi connectivity index (χ3v) is 3.01. The highest BCUT2D eigenvalue weighted by molar-refractivity contribution is 5.94. The van der Waals surface area contributed by atoms with Gasteiger partial charge in [0.25, 0.3) is 0 Å². The van der Waals surface area contributed by atoms with Gasteiger partial charge in [0, 0.05) is 6.07 Å². The van der Waals surface area contributed by atoms with Crippen molar-refractivity contribution >= 4 is 11.9 Å². The average Bonchev–Trinajstić information content (AvgIpc) is 2.85. The van der Waals surface area contributed by atoms with E-state index in [1.165, 1.54) is 6.92 Å². The van der Waals surface area contributed by atoms with Gasteiger partial charge < -0.3 is 19.3 Å². The molecule has 0 saturated carbocycles. The predicted octanol–water partition coefficient (Wildman–Crippen LogP) is 1.99. The van der Waals surface area contributed by atoms with Gasteiger partial charge >= 0.3 is 11.9 Å². The maximum Gasteiger partial charge on any atom is 0.325 e. The molecule has 0 saturated heterocycles. The second kappa shape index (κ2) is 5.81. The van der Waals surface area contributed by atoms with Crippen molar-refractivity contribution < 1.29 is 28.9 Å². The summed E-state index contributed by atoms with van der Waals surface area (Å²) in [5.74, 6) is -1.79. The molecule has 6 nitrogen and oxygen atoms in total. The van der Waals surface area contributed by atoms with Crippen LogP contribution in [0.2, 0.25) is 0 Å². The molecular weight excluding hydrogens is 264 g/mol. The van der Waals surface area contributed by atoms with Gasteiger partial charge in [-0.2, -0.15) is 0 Å². The number of carbonyl (C=O) groups is 2. The molecule has 20 heavy (non-hydrogen) atoms. The van der Waals surface area contributed by atoms with Gasteiger partial charge in [-0.05, 0) is 25.0 Å². The van der Waals surface area contributed by atoms with Crippen molar-refractivity contribution in [3.8, 4) is 17.2 Å². The number of carboxylic acid groups (broad SMARTS) is 1. The van der Waals surface area contributed by atoms with Crippen LogP contribution < -0.4 is 14.2 Å². The Morgan fingerprint density at radius 3 is 2.60 bits per heavy atom. The van der Waals surface area contributed by atoms with Crippen LogP contribution >= 0.6 is 0 Å². The molecule has 1 aliphatic heterocycles. The van der Waals surface area contributed by atoms with Crippen LogP contribution in [0.5, 0.6) is 17.2 Å². The van der Waals surface area contributed by atoms with Crippen LogP contribution in [0.15, 0.2) is 12.1 Å². The minimum atomic E-state index is -1.22. The smallest absolute Gasteiger partial charge is 0.325 e. The molecule has 0 aliphatic carbocycles. The lowest BCUT2D eigenvalue weighted by Gasteiger charge is -2.12. The predicted molar refractivity (Wildman–Crippen MR) is 69.0 cm³/mol. The highest BCUT2D eigenvalue weighted by Crippen LogP contribution is 2.38. The second-order valence-electron chi connectivity index (χ2n) is 4.54. The fourth-order valence-corrected chi connectivity index (χ4v) is 1.82. The average molecular weight is 280 g/mol. The number of carboxylic acids is 1. The summed E-state index contributed by atoms with van der Waals surface area (Å²) in [5, 5.41) is 8.81. The van der Waals surface area contributed by atoms with E-state index in [9.17, 15) is 9.59 Å². The molecule has 1 heterocycles. The van der Waals surface area contributed by atoms with Crippen molar-refractivity contribution in [3.05, 3.63) is 17.7 Å². The minimum Gasteiger partial charge on any atom is -0.481 e. The first-order valence-corrected chi connectivity index (χ1v) is 6.40. The molecule has 0 fully saturated rings. The van der Waals surface area contributed by atoms with Crippen LogP contribution in [-0.4, -0.2) is 23.8 Å². The fourth-order valence-electron chi connectivity index (χ4n) is 1.82. The first kappa shape index (κ1) is 14.2. The summed E-state index contributed by atoms with van der Waals surface area (Å²) < 4.78 is 15.7. The Morgan fingerprint density at radius 1 is 1.35 bits per heavy atom. The lowest BCUT2D eigenvalue weighted by molar-refractivity contribution is -0.152. The highest BCUT2D eigenvalue weighted by Gasteiger charge is 2.25. The van der Waals surface area contributed by atoms with Crippen molar-refractivity contribution in [2.75, 3.05) is 6.79 Å². The molecule has 0 amide bonds. The molecule has 1 aliphatic rings. The number of carbonyl (C=O) groups excluding carboxylic acids is 1. The van der Waals surface area contributed by atoms with E-state index in [4.69, 9.17) is 19.3 Å². The number of hydrogen-bond acceptors (Lipinski definition) is 5. The number of hydrogen-bond donors (Lipinski definition) is 1. The highest BCUT2D eigenvalue weighted by atomic mass is 16.7. The molecule has 0 spiro atoms. The topological polar surface area (TPSA) is 82.1 Å². The minimum absolute atomic E-state index is 0.129. The zero-order chi connectivity index (χ0) is 14.7. The molecule has 2 rings (SSSR count). The first-order chi connectivity index (χ1) is 9.52. The summed E-state index contributed by atoms with van der Waals surface area (Å²) >= 11 is 0. The summed E-state index contributed by atoms with van der Waals surface area (Å²) in [6.07, 6.45) is 1.55. The van der Waals surface area contributed by atoms with Crippen molar-refractivity contribution in [1.82, 2.24) is 0 Å². The molecule has 6 heteroatoms. The van der Waals surface area contributed by atoms with E-state index in [2.05, 4.69) is 0 Å². The number of aryl methyl sites for hydroxylation is 1. The van der Waals surface area contributed by atoms with Gasteiger partial charge in [-0.25, -0.2) is 0 Å². The van der Waals surface area contributed by atoms with Gasteiger partial charge in [0.2, 0.25) is 6.79 Å². The summed E-state index contributed by atoms with van der Waals surface area (Å²) in [4.78, 5) is 22.5. The first-order valence-electron chi connectivity index (χ1n) is 6.40. The third kappa shape index (κ3) is 2.84. The van der Waals surface area contributed by atoms with E-state index in [0.29, 0.717) is 23.7 Å². The summed E-state index contributed by atoms with van der Waals surface area (Å²) in [6, 6.07) is 3.33. The Labute approximate surface area is 116 Å². The van der Waals surface area contributed by atoms with E-state index in [1.54, 1.807) is 12.1 Å². The molecule has 1 aromatic carbocycles. The van der Waals surface area contributed by atoms with Crippen molar-refractivity contribution in [2.45, 2.75) is 26.7 Å². The molecule has 1 aromatic rings. The van der Waals surface area contributed by atoms with E-state index in [-0.39, 0.29) is 6.79 Å². The molecule has 1 atom stereocenters. The lowest BCUT2D eigenvalue weighted by atomic mass is 10.1. The SMILES string of the molecule is CCCc1cc2c(cc1OC(=O)C(C)C(=O)O)OCO2. The number of benzene rings is 1. The van der Waals surface area contributed by atoms with Gasteiger partial charge in [0.15, 0.2) is 17.4 Å². The maximum atomic E-state index is 11.7. The number of aliphatic carboxylic acids is 1. The van der Waals surface area contributed by atoms with Crippen molar-refractivity contribution in [1.29, 1.82) is 0 Å². The molecular formula is C14H16O6. The molecule has 1 N–H and O–H groups in total. The Morgan fingerprint density at radius 2 is 2.00 bits per heavy atom. The Bertz CT molecular complexity index is 537. The Kier molecular flexibility index (Phi) is 4.12. The van der Waals surface area contributed by atoms with Crippen LogP contribution in [0.25, 0.3) is 0 Å². The number of fused-ring (bicyclic) bond motifs is 1. The van der Waals surface area contributed by atoms with E-state index in [1.807, 2.05) is 6.92 Å². The molecule has 108 valence electrons. The van der Waals surface area contributed by atoms with Crippen molar-refractivity contribution in [3.63, 3.8) is 0 Å².